The van der Waals surface area contributed by atoms with Gasteiger partial charge in [0.15, 0.2) is 17.4 Å². The summed E-state index contributed by atoms with van der Waals surface area (Å²) in [5.41, 5.74) is 2.04. The number of aliphatic hydroxyl groups excluding tert-OH is 1. The first-order valence-corrected chi connectivity index (χ1v) is 5.88. The molecule has 4 nitrogen and oxygen atoms in total. The molecule has 1 N–H and O–H groups in total. The third-order valence-corrected chi connectivity index (χ3v) is 2.88. The second-order valence-electron chi connectivity index (χ2n) is 4.26. The quantitative estimate of drug-likeness (QED) is 0.924. The minimum Gasteiger partial charge on any atom is -0.494 e. The zero-order valence-corrected chi connectivity index (χ0v) is 11.0. The van der Waals surface area contributed by atoms with Crippen LogP contribution in [0.25, 0.3) is 11.4 Å². The molecular weight excluding hydrogens is 247 g/mol. The van der Waals surface area contributed by atoms with Crippen LogP contribution in [0, 0.1) is 12.7 Å². The lowest BCUT2D eigenvalue weighted by molar-refractivity contribution is 0.197. The van der Waals surface area contributed by atoms with Gasteiger partial charge in [-0.1, -0.05) is 0 Å². The summed E-state index contributed by atoms with van der Waals surface area (Å²) in [5, 5.41) is 9.53. The number of rotatable bonds is 3. The first-order valence-electron chi connectivity index (χ1n) is 5.88. The second-order valence-corrected chi connectivity index (χ2v) is 4.26. The second kappa shape index (κ2) is 5.32. The van der Waals surface area contributed by atoms with E-state index in [0.717, 1.165) is 0 Å². The van der Waals surface area contributed by atoms with Crippen molar-refractivity contribution in [2.75, 3.05) is 7.11 Å². The summed E-state index contributed by atoms with van der Waals surface area (Å²) in [7, 11) is 1.41. The molecule has 0 aliphatic carbocycles. The van der Waals surface area contributed by atoms with Crippen LogP contribution in [0.4, 0.5) is 4.39 Å². The zero-order valence-electron chi connectivity index (χ0n) is 11.0. The van der Waals surface area contributed by atoms with Gasteiger partial charge in [0.1, 0.15) is 0 Å². The van der Waals surface area contributed by atoms with Crippen molar-refractivity contribution in [3.63, 3.8) is 0 Å². The third-order valence-electron chi connectivity index (χ3n) is 2.88. The number of hydrogen-bond donors (Lipinski definition) is 1. The van der Waals surface area contributed by atoms with E-state index < -0.39 is 11.9 Å². The van der Waals surface area contributed by atoms with Crippen LogP contribution in [0.15, 0.2) is 24.4 Å². The van der Waals surface area contributed by atoms with E-state index in [1.54, 1.807) is 32.2 Å². The average Bonchev–Trinajstić information content (AvgIpc) is 2.38. The fraction of sp³-hybridized carbons (Fsp3) is 0.286. The van der Waals surface area contributed by atoms with Crippen LogP contribution in [-0.2, 0) is 0 Å². The van der Waals surface area contributed by atoms with E-state index in [-0.39, 0.29) is 5.75 Å². The molecule has 0 saturated heterocycles. The molecular formula is C14H15FN2O2. The van der Waals surface area contributed by atoms with E-state index >= 15 is 0 Å². The van der Waals surface area contributed by atoms with Crippen LogP contribution in [-0.4, -0.2) is 22.2 Å². The van der Waals surface area contributed by atoms with Gasteiger partial charge in [-0.3, -0.25) is 0 Å². The molecule has 5 heteroatoms. The number of ether oxygens (including phenoxy) is 1. The summed E-state index contributed by atoms with van der Waals surface area (Å²) in [6, 6.07) is 4.45. The summed E-state index contributed by atoms with van der Waals surface area (Å²) < 4.78 is 18.3. The standard InChI is InChI=1S/C14H15FN2O2/c1-8-11(9(2)18)7-16-14(17-8)10-4-5-12(15)13(6-10)19-3/h4-7,9,18H,1-3H3/t9-/m1/s1. The van der Waals surface area contributed by atoms with Gasteiger partial charge in [-0.05, 0) is 32.0 Å². The van der Waals surface area contributed by atoms with Gasteiger partial charge in [-0.2, -0.15) is 0 Å². The number of aliphatic hydroxyl groups is 1. The largest absolute Gasteiger partial charge is 0.494 e. The van der Waals surface area contributed by atoms with E-state index in [0.29, 0.717) is 22.6 Å². The maximum absolute atomic E-state index is 13.3. The normalized spacial score (nSPS) is 12.3. The van der Waals surface area contributed by atoms with Crippen molar-refractivity contribution in [3.05, 3.63) is 41.5 Å². The van der Waals surface area contributed by atoms with Gasteiger partial charge in [0.05, 0.1) is 13.2 Å². The predicted molar refractivity (Wildman–Crippen MR) is 69.3 cm³/mol. The first-order chi connectivity index (χ1) is 9.02. The monoisotopic (exact) mass is 262 g/mol. The van der Waals surface area contributed by atoms with Crippen LogP contribution in [0.1, 0.15) is 24.3 Å². The molecule has 0 unspecified atom stereocenters. The topological polar surface area (TPSA) is 55.2 Å². The SMILES string of the molecule is COc1cc(-c2ncc([C@@H](C)O)c(C)n2)ccc1F. The van der Waals surface area contributed by atoms with Crippen molar-refractivity contribution in [1.82, 2.24) is 9.97 Å². The number of aromatic nitrogens is 2. The van der Waals surface area contributed by atoms with E-state index in [2.05, 4.69) is 9.97 Å². The van der Waals surface area contributed by atoms with Crippen molar-refractivity contribution in [3.8, 4) is 17.1 Å². The van der Waals surface area contributed by atoms with Crippen LogP contribution in [0.5, 0.6) is 5.75 Å². The van der Waals surface area contributed by atoms with Gasteiger partial charge in [0, 0.05) is 23.0 Å². The van der Waals surface area contributed by atoms with E-state index in [4.69, 9.17) is 4.74 Å². The number of aryl methyl sites for hydroxylation is 1. The number of benzene rings is 1. The molecule has 0 fully saturated rings. The van der Waals surface area contributed by atoms with E-state index in [1.807, 2.05) is 0 Å². The zero-order chi connectivity index (χ0) is 14.0. The molecule has 0 spiro atoms. The molecule has 0 amide bonds. The van der Waals surface area contributed by atoms with Crippen LogP contribution >= 0.6 is 0 Å². The Kier molecular flexibility index (Phi) is 3.76. The minimum atomic E-state index is -0.614. The highest BCUT2D eigenvalue weighted by molar-refractivity contribution is 5.58. The molecule has 2 aromatic rings. The van der Waals surface area contributed by atoms with Crippen molar-refractivity contribution in [2.45, 2.75) is 20.0 Å². The van der Waals surface area contributed by atoms with Crippen LogP contribution < -0.4 is 4.74 Å². The minimum absolute atomic E-state index is 0.151. The Morgan fingerprint density at radius 1 is 1.37 bits per heavy atom. The van der Waals surface area contributed by atoms with Gasteiger partial charge >= 0.3 is 0 Å². The molecule has 0 radical (unpaired) electrons. The summed E-state index contributed by atoms with van der Waals surface area (Å²) in [4.78, 5) is 8.51. The van der Waals surface area contributed by atoms with E-state index in [1.165, 1.54) is 13.2 Å². The lowest BCUT2D eigenvalue weighted by Gasteiger charge is -2.10. The first kappa shape index (κ1) is 13.4. The van der Waals surface area contributed by atoms with Gasteiger partial charge in [-0.25, -0.2) is 14.4 Å². The highest BCUT2D eigenvalue weighted by atomic mass is 19.1. The van der Waals surface area contributed by atoms with Gasteiger partial charge in [0.25, 0.3) is 0 Å². The van der Waals surface area contributed by atoms with E-state index in [9.17, 15) is 9.50 Å². The van der Waals surface area contributed by atoms with Crippen molar-refractivity contribution in [1.29, 1.82) is 0 Å². The molecule has 1 aromatic heterocycles. The van der Waals surface area contributed by atoms with Gasteiger partial charge in [-0.15, -0.1) is 0 Å². The highest BCUT2D eigenvalue weighted by Crippen LogP contribution is 2.25. The number of methoxy groups -OCH3 is 1. The van der Waals surface area contributed by atoms with Crippen molar-refractivity contribution < 1.29 is 14.2 Å². The lowest BCUT2D eigenvalue weighted by Crippen LogP contribution is -2.01. The maximum Gasteiger partial charge on any atom is 0.165 e. The Morgan fingerprint density at radius 2 is 2.11 bits per heavy atom. The Morgan fingerprint density at radius 3 is 2.68 bits per heavy atom. The Hall–Kier alpha value is -2.01. The summed E-state index contributed by atoms with van der Waals surface area (Å²) in [5.74, 6) is 0.196. The number of hydrogen-bond acceptors (Lipinski definition) is 4. The maximum atomic E-state index is 13.3. The van der Waals surface area contributed by atoms with Gasteiger partial charge < -0.3 is 9.84 Å². The molecule has 19 heavy (non-hydrogen) atoms. The van der Waals surface area contributed by atoms with Crippen molar-refractivity contribution in [2.24, 2.45) is 0 Å². The molecule has 0 aliphatic rings. The number of halogens is 1. The predicted octanol–water partition coefficient (Wildman–Crippen LogP) is 2.65. The van der Waals surface area contributed by atoms with Crippen LogP contribution in [0.3, 0.4) is 0 Å². The van der Waals surface area contributed by atoms with Crippen molar-refractivity contribution >= 4 is 0 Å². The Bertz CT molecular complexity index is 600. The lowest BCUT2D eigenvalue weighted by atomic mass is 10.1. The molecule has 0 saturated carbocycles. The fourth-order valence-corrected chi connectivity index (χ4v) is 1.82. The fourth-order valence-electron chi connectivity index (χ4n) is 1.82. The third kappa shape index (κ3) is 2.71. The molecule has 2 rings (SSSR count). The summed E-state index contributed by atoms with van der Waals surface area (Å²) >= 11 is 0. The number of nitrogens with zero attached hydrogens (tertiary/aromatic N) is 2. The molecule has 0 bridgehead atoms. The summed E-state index contributed by atoms with van der Waals surface area (Å²) in [6.07, 6.45) is 0.967. The van der Waals surface area contributed by atoms with Gasteiger partial charge in [0.2, 0.25) is 0 Å². The summed E-state index contributed by atoms with van der Waals surface area (Å²) in [6.45, 7) is 3.46. The highest BCUT2D eigenvalue weighted by Gasteiger charge is 2.11. The Balaban J connectivity index is 2.45. The van der Waals surface area contributed by atoms with Crippen LogP contribution in [0.2, 0.25) is 0 Å². The molecule has 1 atom stereocenters. The molecule has 100 valence electrons. The smallest absolute Gasteiger partial charge is 0.165 e. The molecule has 1 aromatic carbocycles. The Labute approximate surface area is 110 Å². The molecule has 1 heterocycles. The molecule has 0 aliphatic heterocycles. The average molecular weight is 262 g/mol.